The third kappa shape index (κ3) is 5.33. The minimum atomic E-state index is -0.646. The number of aryl methyl sites for hydroxylation is 2. The molecule has 3 heterocycles. The molecule has 3 fully saturated rings. The third-order valence-corrected chi connectivity index (χ3v) is 9.81. The highest BCUT2D eigenvalue weighted by molar-refractivity contribution is 7.14. The Bertz CT molecular complexity index is 1400. The predicted molar refractivity (Wildman–Crippen MR) is 157 cm³/mol. The maximum absolute atomic E-state index is 12.9. The van der Waals surface area contributed by atoms with Gasteiger partial charge in [-0.2, -0.15) is 0 Å². The van der Waals surface area contributed by atoms with E-state index in [4.69, 9.17) is 9.72 Å². The van der Waals surface area contributed by atoms with E-state index in [1.807, 2.05) is 42.2 Å². The fourth-order valence-corrected chi connectivity index (χ4v) is 7.56. The van der Waals surface area contributed by atoms with Crippen molar-refractivity contribution in [2.24, 2.45) is 17.8 Å². The van der Waals surface area contributed by atoms with Crippen LogP contribution in [0.25, 0.3) is 11.3 Å². The lowest BCUT2D eigenvalue weighted by atomic mass is 9.85. The third-order valence-electron chi connectivity index (χ3n) is 8.91. The summed E-state index contributed by atoms with van der Waals surface area (Å²) < 4.78 is 6.36. The molecule has 2 aromatic carbocycles. The number of benzene rings is 2. The van der Waals surface area contributed by atoms with Crippen molar-refractivity contribution in [3.63, 3.8) is 0 Å². The van der Waals surface area contributed by atoms with E-state index in [0.717, 1.165) is 96.3 Å². The highest BCUT2D eigenvalue weighted by Crippen LogP contribution is 2.44. The van der Waals surface area contributed by atoms with E-state index in [0.29, 0.717) is 6.61 Å². The number of carboxylic acid groups (broad SMARTS) is 1. The molecule has 1 aliphatic carbocycles. The zero-order valence-corrected chi connectivity index (χ0v) is 24.1. The number of fused-ring (bicyclic) bond motifs is 2. The molecule has 2 aliphatic heterocycles. The molecule has 3 atom stereocenters. The molecular weight excluding hydrogens is 522 g/mol. The fraction of sp³-hybridized carbons (Fsp3) is 0.469. The van der Waals surface area contributed by atoms with E-state index >= 15 is 0 Å². The molecule has 1 amide bonds. The number of aliphatic carboxylic acids is 1. The van der Waals surface area contributed by atoms with Gasteiger partial charge in [-0.1, -0.05) is 17.7 Å². The van der Waals surface area contributed by atoms with Crippen LogP contribution in [0, 0.1) is 31.6 Å². The van der Waals surface area contributed by atoms with Gasteiger partial charge in [0.2, 0.25) is 0 Å². The number of carbonyl (C=O) groups excluding carboxylic acids is 1. The molecule has 7 nitrogen and oxygen atoms in total. The van der Waals surface area contributed by atoms with Gasteiger partial charge in [-0.3, -0.25) is 9.59 Å². The average molecular weight is 560 g/mol. The van der Waals surface area contributed by atoms with Crippen LogP contribution in [-0.4, -0.2) is 53.0 Å². The summed E-state index contributed by atoms with van der Waals surface area (Å²) in [6, 6.07) is 12.1. The number of anilines is 1. The Hall–Kier alpha value is -3.39. The summed E-state index contributed by atoms with van der Waals surface area (Å²) in [6.45, 7) is 7.72. The SMILES string of the molecule is Cc1ccc(OCc2ccc(C(=O)N3CCCCC3)cc2C)c(-c2csc(N3C[C@H]4CC[C@@H](C3)[C@@H]4C(=O)O)n2)c1. The molecule has 1 aromatic heterocycles. The van der Waals surface area contributed by atoms with Crippen LogP contribution in [0.4, 0.5) is 5.13 Å². The summed E-state index contributed by atoms with van der Waals surface area (Å²) in [7, 11) is 0. The van der Waals surface area contributed by atoms with Crippen LogP contribution in [0.2, 0.25) is 0 Å². The van der Waals surface area contributed by atoms with Crippen LogP contribution in [0.15, 0.2) is 41.8 Å². The Morgan fingerprint density at radius 3 is 2.48 bits per heavy atom. The first-order valence-electron chi connectivity index (χ1n) is 14.4. The number of thiazole rings is 1. The fourth-order valence-electron chi connectivity index (χ4n) is 6.71. The minimum absolute atomic E-state index is 0.121. The highest BCUT2D eigenvalue weighted by Gasteiger charge is 2.46. The van der Waals surface area contributed by atoms with Crippen molar-refractivity contribution in [1.82, 2.24) is 9.88 Å². The van der Waals surface area contributed by atoms with Crippen molar-refractivity contribution < 1.29 is 19.4 Å². The molecule has 6 rings (SSSR count). The van der Waals surface area contributed by atoms with Gasteiger partial charge in [0.1, 0.15) is 12.4 Å². The van der Waals surface area contributed by atoms with Gasteiger partial charge >= 0.3 is 5.97 Å². The van der Waals surface area contributed by atoms with Crippen molar-refractivity contribution in [3.8, 4) is 17.0 Å². The number of hydrogen-bond acceptors (Lipinski definition) is 6. The van der Waals surface area contributed by atoms with Gasteiger partial charge in [0, 0.05) is 42.7 Å². The second-order valence-electron chi connectivity index (χ2n) is 11.7. The Balaban J connectivity index is 1.16. The smallest absolute Gasteiger partial charge is 0.307 e. The van der Waals surface area contributed by atoms with Crippen molar-refractivity contribution in [2.75, 3.05) is 31.1 Å². The lowest BCUT2D eigenvalue weighted by Crippen LogP contribution is -2.44. The topological polar surface area (TPSA) is 83.0 Å². The molecule has 0 radical (unpaired) electrons. The normalized spacial score (nSPS) is 22.4. The lowest BCUT2D eigenvalue weighted by Gasteiger charge is -2.35. The summed E-state index contributed by atoms with van der Waals surface area (Å²) >= 11 is 1.62. The number of rotatable bonds is 7. The van der Waals surface area contributed by atoms with Crippen LogP contribution in [0.3, 0.4) is 0 Å². The molecule has 0 unspecified atom stereocenters. The van der Waals surface area contributed by atoms with Crippen molar-refractivity contribution >= 4 is 28.3 Å². The second-order valence-corrected chi connectivity index (χ2v) is 12.5. The average Bonchev–Trinajstić information content (AvgIpc) is 3.55. The van der Waals surface area contributed by atoms with Crippen LogP contribution >= 0.6 is 11.3 Å². The summed E-state index contributed by atoms with van der Waals surface area (Å²) in [5, 5.41) is 12.7. The summed E-state index contributed by atoms with van der Waals surface area (Å²) in [6.07, 6.45) is 5.34. The van der Waals surface area contributed by atoms with E-state index in [2.05, 4.69) is 23.3 Å². The van der Waals surface area contributed by atoms with Crippen molar-refractivity contribution in [2.45, 2.75) is 52.6 Å². The lowest BCUT2D eigenvalue weighted by molar-refractivity contribution is -0.144. The first kappa shape index (κ1) is 26.8. The number of amides is 1. The molecule has 2 saturated heterocycles. The van der Waals surface area contributed by atoms with Crippen LogP contribution in [0.1, 0.15) is 59.2 Å². The first-order valence-corrected chi connectivity index (χ1v) is 15.3. The number of carboxylic acids is 1. The van der Waals surface area contributed by atoms with Gasteiger partial charge in [-0.05, 0) is 93.2 Å². The Morgan fingerprint density at radius 2 is 1.77 bits per heavy atom. The number of nitrogens with zero attached hydrogens (tertiary/aromatic N) is 3. The number of aromatic nitrogens is 1. The Kier molecular flexibility index (Phi) is 7.53. The number of carbonyl (C=O) groups is 2. The highest BCUT2D eigenvalue weighted by atomic mass is 32.1. The monoisotopic (exact) mass is 559 g/mol. The quantitative estimate of drug-likeness (QED) is 0.372. The summed E-state index contributed by atoms with van der Waals surface area (Å²) in [4.78, 5) is 33.9. The van der Waals surface area contributed by atoms with E-state index in [1.165, 1.54) is 6.42 Å². The van der Waals surface area contributed by atoms with Gasteiger partial charge in [0.05, 0.1) is 11.6 Å². The Morgan fingerprint density at radius 1 is 1.02 bits per heavy atom. The zero-order valence-electron chi connectivity index (χ0n) is 23.3. The molecular formula is C32H37N3O4S. The van der Waals surface area contributed by atoms with Crippen LogP contribution in [-0.2, 0) is 11.4 Å². The maximum Gasteiger partial charge on any atom is 0.307 e. The van der Waals surface area contributed by atoms with Gasteiger partial charge in [-0.15, -0.1) is 11.3 Å². The number of likely N-dealkylation sites (tertiary alicyclic amines) is 1. The van der Waals surface area contributed by atoms with E-state index in [1.54, 1.807) is 11.3 Å². The second kappa shape index (κ2) is 11.2. The molecule has 1 N–H and O–H groups in total. The molecule has 3 aliphatic rings. The van der Waals surface area contributed by atoms with E-state index in [-0.39, 0.29) is 23.7 Å². The van der Waals surface area contributed by atoms with Crippen LogP contribution < -0.4 is 9.64 Å². The zero-order chi connectivity index (χ0) is 27.8. The molecule has 40 heavy (non-hydrogen) atoms. The number of piperidine rings is 2. The number of ether oxygens (including phenoxy) is 1. The minimum Gasteiger partial charge on any atom is -0.488 e. The van der Waals surface area contributed by atoms with Gasteiger partial charge in [0.25, 0.3) is 5.91 Å². The summed E-state index contributed by atoms with van der Waals surface area (Å²) in [5.74, 6) is 0.438. The van der Waals surface area contributed by atoms with Gasteiger partial charge in [-0.25, -0.2) is 4.98 Å². The van der Waals surface area contributed by atoms with Gasteiger partial charge < -0.3 is 19.6 Å². The van der Waals surface area contributed by atoms with Crippen LogP contribution in [0.5, 0.6) is 5.75 Å². The van der Waals surface area contributed by atoms with E-state index < -0.39 is 5.97 Å². The maximum atomic E-state index is 12.9. The van der Waals surface area contributed by atoms with Gasteiger partial charge in [0.15, 0.2) is 5.13 Å². The summed E-state index contributed by atoms with van der Waals surface area (Å²) in [5.41, 5.74) is 5.82. The van der Waals surface area contributed by atoms with E-state index in [9.17, 15) is 14.7 Å². The standard InChI is InChI=1S/C32H37N3O4S/c1-20-6-11-28(39-18-25-10-7-22(15-21(25)2)30(36)34-12-4-3-5-13-34)26(14-20)27-19-40-32(33-27)35-16-23-8-9-24(17-35)29(23)31(37)38/h6-7,10-11,14-15,19,23-24,29H,3-5,8-9,12-13,16-18H2,1-2H3,(H,37,38)/t23-,24+,29-. The Labute approximate surface area is 239 Å². The molecule has 0 spiro atoms. The molecule has 2 bridgehead atoms. The molecule has 3 aromatic rings. The molecule has 1 saturated carbocycles. The number of hydrogen-bond donors (Lipinski definition) is 1. The first-order chi connectivity index (χ1) is 19.4. The molecule has 210 valence electrons. The largest absolute Gasteiger partial charge is 0.488 e. The molecule has 8 heteroatoms. The van der Waals surface area contributed by atoms with Crippen molar-refractivity contribution in [1.29, 1.82) is 0 Å². The predicted octanol–water partition coefficient (Wildman–Crippen LogP) is 6.18. The van der Waals surface area contributed by atoms with Crippen molar-refractivity contribution in [3.05, 3.63) is 64.0 Å².